The second-order valence-corrected chi connectivity index (χ2v) is 3.76. The van der Waals surface area contributed by atoms with Gasteiger partial charge in [0, 0.05) is 12.8 Å². The average molecular weight is 158 g/mol. The van der Waals surface area contributed by atoms with Gasteiger partial charge in [-0.15, -0.1) is 0 Å². The second kappa shape index (κ2) is 2.21. The molecule has 0 aromatic heterocycles. The van der Waals surface area contributed by atoms with Crippen LogP contribution in [0.4, 0.5) is 0 Å². The van der Waals surface area contributed by atoms with Crippen LogP contribution in [0.2, 0.25) is 0 Å². The predicted molar refractivity (Wildman–Crippen MR) is 40.0 cm³/mol. The summed E-state index contributed by atoms with van der Waals surface area (Å²) in [6, 6.07) is 0. The fourth-order valence-corrected chi connectivity index (χ4v) is 1.12. The normalized spacial score (nSPS) is 32.2. The Morgan fingerprint density at radius 3 is 2.36 bits per heavy atom. The van der Waals surface area contributed by atoms with Crippen molar-refractivity contribution in [2.75, 3.05) is 0 Å². The lowest BCUT2D eigenvalue weighted by Crippen LogP contribution is -2.47. The number of aliphatic hydroxyl groups is 1. The van der Waals surface area contributed by atoms with Crippen LogP contribution in [0.1, 0.15) is 33.6 Å². The van der Waals surface area contributed by atoms with Crippen molar-refractivity contribution in [3.8, 4) is 0 Å². The Morgan fingerprint density at radius 1 is 1.64 bits per heavy atom. The van der Waals surface area contributed by atoms with Gasteiger partial charge in [-0.1, -0.05) is 0 Å². The van der Waals surface area contributed by atoms with E-state index >= 15 is 0 Å². The molecule has 1 rings (SSSR count). The third-order valence-corrected chi connectivity index (χ3v) is 2.44. The van der Waals surface area contributed by atoms with E-state index in [-0.39, 0.29) is 5.97 Å². The lowest BCUT2D eigenvalue weighted by atomic mass is 9.85. The van der Waals surface area contributed by atoms with E-state index in [0.717, 1.165) is 0 Å². The minimum Gasteiger partial charge on any atom is -0.456 e. The average Bonchev–Trinajstić information content (AvgIpc) is 2.10. The first kappa shape index (κ1) is 8.53. The van der Waals surface area contributed by atoms with Crippen LogP contribution in [-0.4, -0.2) is 22.3 Å². The summed E-state index contributed by atoms with van der Waals surface area (Å²) >= 11 is 0. The van der Waals surface area contributed by atoms with Crippen molar-refractivity contribution in [1.29, 1.82) is 0 Å². The van der Waals surface area contributed by atoms with Crippen molar-refractivity contribution in [3.05, 3.63) is 0 Å². The molecule has 0 aliphatic carbocycles. The summed E-state index contributed by atoms with van der Waals surface area (Å²) in [6.45, 7) is 5.08. The summed E-state index contributed by atoms with van der Waals surface area (Å²) in [5.74, 6) is -0.213. The molecule has 1 saturated heterocycles. The summed E-state index contributed by atoms with van der Waals surface area (Å²) in [7, 11) is 0. The zero-order valence-corrected chi connectivity index (χ0v) is 7.18. The number of hydrogen-bond acceptors (Lipinski definition) is 3. The van der Waals surface area contributed by atoms with Crippen LogP contribution >= 0.6 is 0 Å². The summed E-state index contributed by atoms with van der Waals surface area (Å²) in [6.07, 6.45) is 1.02. The molecule has 1 N–H and O–H groups in total. The quantitative estimate of drug-likeness (QED) is 0.575. The number of hydrogen-bond donors (Lipinski definition) is 1. The van der Waals surface area contributed by atoms with Crippen LogP contribution in [0.25, 0.3) is 0 Å². The molecule has 0 aromatic rings. The van der Waals surface area contributed by atoms with Gasteiger partial charge < -0.3 is 9.84 Å². The topological polar surface area (TPSA) is 46.5 Å². The van der Waals surface area contributed by atoms with Gasteiger partial charge in [0.1, 0.15) is 5.60 Å². The maximum absolute atomic E-state index is 10.8. The van der Waals surface area contributed by atoms with Gasteiger partial charge in [-0.2, -0.15) is 0 Å². The molecule has 0 bridgehead atoms. The molecule has 0 saturated carbocycles. The number of carbonyl (C=O) groups excluding carboxylic acids is 1. The predicted octanol–water partition coefficient (Wildman–Crippen LogP) is 0.853. The molecule has 1 aliphatic heterocycles. The zero-order valence-electron chi connectivity index (χ0n) is 7.18. The van der Waals surface area contributed by atoms with Crippen molar-refractivity contribution in [1.82, 2.24) is 0 Å². The van der Waals surface area contributed by atoms with Crippen LogP contribution in [-0.2, 0) is 9.53 Å². The number of carbonyl (C=O) groups is 1. The smallest absolute Gasteiger partial charge is 0.306 e. The summed E-state index contributed by atoms with van der Waals surface area (Å²) in [5, 5.41) is 9.62. The lowest BCUT2D eigenvalue weighted by Gasteiger charge is -2.34. The number of rotatable bonds is 1. The summed E-state index contributed by atoms with van der Waals surface area (Å²) in [5.41, 5.74) is -1.64. The van der Waals surface area contributed by atoms with E-state index in [2.05, 4.69) is 0 Å². The van der Waals surface area contributed by atoms with E-state index < -0.39 is 11.2 Å². The van der Waals surface area contributed by atoms with Gasteiger partial charge >= 0.3 is 5.97 Å². The highest BCUT2D eigenvalue weighted by molar-refractivity contribution is 5.72. The summed E-state index contributed by atoms with van der Waals surface area (Å²) < 4.78 is 5.02. The highest BCUT2D eigenvalue weighted by Crippen LogP contribution is 2.35. The van der Waals surface area contributed by atoms with E-state index in [9.17, 15) is 9.90 Å². The van der Waals surface area contributed by atoms with Crippen LogP contribution in [0.5, 0.6) is 0 Å². The van der Waals surface area contributed by atoms with Crippen LogP contribution in [0, 0.1) is 0 Å². The first-order chi connectivity index (χ1) is 4.85. The molecule has 1 fully saturated rings. The standard InChI is InChI=1S/C8H14O3/c1-7(2,10)8(3)5-4-6(9)11-8/h10H,4-5H2,1-3H3. The molecule has 0 aromatic carbocycles. The molecule has 11 heavy (non-hydrogen) atoms. The van der Waals surface area contributed by atoms with Crippen LogP contribution in [0.3, 0.4) is 0 Å². The molecule has 3 heteroatoms. The summed E-state index contributed by atoms with van der Waals surface area (Å²) in [4.78, 5) is 10.8. The van der Waals surface area contributed by atoms with Gasteiger partial charge in [-0.05, 0) is 20.8 Å². The van der Waals surface area contributed by atoms with E-state index in [1.807, 2.05) is 0 Å². The molecular formula is C8H14O3. The van der Waals surface area contributed by atoms with E-state index in [1.54, 1.807) is 20.8 Å². The van der Waals surface area contributed by atoms with Gasteiger partial charge in [-0.25, -0.2) is 0 Å². The Kier molecular flexibility index (Phi) is 1.71. The number of cyclic esters (lactones) is 1. The molecule has 1 atom stereocenters. The minimum atomic E-state index is -0.945. The first-order valence-electron chi connectivity index (χ1n) is 3.79. The molecular weight excluding hydrogens is 144 g/mol. The van der Waals surface area contributed by atoms with Crippen molar-refractivity contribution < 1.29 is 14.6 Å². The van der Waals surface area contributed by atoms with Crippen molar-refractivity contribution >= 4 is 5.97 Å². The van der Waals surface area contributed by atoms with Gasteiger partial charge in [0.2, 0.25) is 0 Å². The van der Waals surface area contributed by atoms with Gasteiger partial charge in [0.15, 0.2) is 0 Å². The third kappa shape index (κ3) is 1.38. The van der Waals surface area contributed by atoms with Gasteiger partial charge in [-0.3, -0.25) is 4.79 Å². The monoisotopic (exact) mass is 158 g/mol. The van der Waals surface area contributed by atoms with Crippen molar-refractivity contribution in [3.63, 3.8) is 0 Å². The minimum absolute atomic E-state index is 0.213. The number of esters is 1. The van der Waals surface area contributed by atoms with Gasteiger partial charge in [0.05, 0.1) is 5.60 Å². The fraction of sp³-hybridized carbons (Fsp3) is 0.875. The highest BCUT2D eigenvalue weighted by atomic mass is 16.6. The Bertz CT molecular complexity index is 180. The Morgan fingerprint density at radius 2 is 2.18 bits per heavy atom. The molecule has 64 valence electrons. The maximum Gasteiger partial charge on any atom is 0.306 e. The molecule has 1 aliphatic rings. The van der Waals surface area contributed by atoms with Crippen LogP contribution in [0.15, 0.2) is 0 Å². The van der Waals surface area contributed by atoms with E-state index in [4.69, 9.17) is 4.74 Å². The van der Waals surface area contributed by atoms with Crippen molar-refractivity contribution in [2.45, 2.75) is 44.8 Å². The highest BCUT2D eigenvalue weighted by Gasteiger charge is 2.47. The fourth-order valence-electron chi connectivity index (χ4n) is 1.12. The third-order valence-electron chi connectivity index (χ3n) is 2.44. The van der Waals surface area contributed by atoms with Crippen LogP contribution < -0.4 is 0 Å². The van der Waals surface area contributed by atoms with Crippen molar-refractivity contribution in [2.24, 2.45) is 0 Å². The second-order valence-electron chi connectivity index (χ2n) is 3.76. The zero-order chi connectivity index (χ0) is 8.70. The van der Waals surface area contributed by atoms with E-state index in [0.29, 0.717) is 12.8 Å². The largest absolute Gasteiger partial charge is 0.456 e. The first-order valence-corrected chi connectivity index (χ1v) is 3.79. The van der Waals surface area contributed by atoms with Gasteiger partial charge in [0.25, 0.3) is 0 Å². The molecule has 1 unspecified atom stereocenters. The Balaban J connectivity index is 2.77. The molecule has 3 nitrogen and oxygen atoms in total. The molecule has 0 spiro atoms. The molecule has 0 radical (unpaired) electrons. The lowest BCUT2D eigenvalue weighted by molar-refractivity contribution is -0.168. The SMILES string of the molecule is CC(C)(O)C1(C)CCC(=O)O1. The molecule has 0 amide bonds. The number of ether oxygens (including phenoxy) is 1. The maximum atomic E-state index is 10.8. The van der Waals surface area contributed by atoms with E-state index in [1.165, 1.54) is 0 Å². The molecule has 1 heterocycles. The Labute approximate surface area is 66.4 Å². The Hall–Kier alpha value is -0.570.